The second-order valence-electron chi connectivity index (χ2n) is 5.11. The fourth-order valence-corrected chi connectivity index (χ4v) is 3.39. The van der Waals surface area contributed by atoms with E-state index < -0.39 is 0 Å². The highest BCUT2D eigenvalue weighted by atomic mass is 32.1. The molecule has 1 N–H and O–H groups in total. The number of thiocarbonyl (C=S) groups is 1. The number of hydrogen-bond acceptors (Lipinski definition) is 4. The number of benzene rings is 1. The maximum atomic E-state index is 9.36. The van der Waals surface area contributed by atoms with Crippen LogP contribution in [0.25, 0.3) is 11.6 Å². The van der Waals surface area contributed by atoms with Crippen molar-refractivity contribution in [1.29, 1.82) is 5.26 Å². The lowest BCUT2D eigenvalue weighted by atomic mass is 10.0. The van der Waals surface area contributed by atoms with Crippen LogP contribution in [0, 0.1) is 11.3 Å². The standard InChI is InChI=1S/C17H14N2OS2/c1-11-7-13-8-12(4-5-15(13)19-17(21)20-11)9-14(10-18)16-3-2-6-22-16/h2-6,8-9,11H,7H2,1H3,(H,19,21)/b14-9+. The zero-order valence-electron chi connectivity index (χ0n) is 12.0. The zero-order valence-corrected chi connectivity index (χ0v) is 13.6. The van der Waals surface area contributed by atoms with E-state index >= 15 is 0 Å². The van der Waals surface area contributed by atoms with Crippen LogP contribution < -0.4 is 5.32 Å². The molecule has 0 aliphatic carbocycles. The number of thiophene rings is 1. The Morgan fingerprint density at radius 3 is 3.09 bits per heavy atom. The molecule has 0 radical (unpaired) electrons. The van der Waals surface area contributed by atoms with Gasteiger partial charge in [0.1, 0.15) is 12.2 Å². The highest BCUT2D eigenvalue weighted by molar-refractivity contribution is 7.80. The van der Waals surface area contributed by atoms with Crippen molar-refractivity contribution in [3.05, 3.63) is 51.7 Å². The Balaban J connectivity index is 1.97. The van der Waals surface area contributed by atoms with E-state index in [0.717, 1.165) is 28.1 Å². The summed E-state index contributed by atoms with van der Waals surface area (Å²) in [6, 6.07) is 12.2. The molecule has 0 fully saturated rings. The summed E-state index contributed by atoms with van der Waals surface area (Å²) in [5, 5.41) is 14.8. The smallest absolute Gasteiger partial charge is 0.261 e. The average Bonchev–Trinajstić information content (AvgIpc) is 2.96. The van der Waals surface area contributed by atoms with Gasteiger partial charge >= 0.3 is 0 Å². The number of allylic oxidation sites excluding steroid dienone is 1. The molecule has 2 aromatic rings. The van der Waals surface area contributed by atoms with Crippen LogP contribution in [-0.2, 0) is 11.2 Å². The summed E-state index contributed by atoms with van der Waals surface area (Å²) < 4.78 is 5.55. The van der Waals surface area contributed by atoms with Crippen LogP contribution in [0.15, 0.2) is 35.7 Å². The molecule has 22 heavy (non-hydrogen) atoms. The van der Waals surface area contributed by atoms with Gasteiger partial charge in [0.15, 0.2) is 0 Å². The molecule has 3 rings (SSSR count). The number of fused-ring (bicyclic) bond motifs is 1. The van der Waals surface area contributed by atoms with Crippen molar-refractivity contribution in [2.75, 3.05) is 5.32 Å². The number of ether oxygens (including phenoxy) is 1. The summed E-state index contributed by atoms with van der Waals surface area (Å²) in [4.78, 5) is 0.980. The number of nitriles is 1. The van der Waals surface area contributed by atoms with Crippen molar-refractivity contribution in [1.82, 2.24) is 0 Å². The molecule has 0 spiro atoms. The lowest BCUT2D eigenvalue weighted by Crippen LogP contribution is -2.16. The van der Waals surface area contributed by atoms with Crippen LogP contribution in [0.4, 0.5) is 5.69 Å². The van der Waals surface area contributed by atoms with Crippen molar-refractivity contribution in [2.45, 2.75) is 19.4 Å². The molecule has 1 atom stereocenters. The van der Waals surface area contributed by atoms with E-state index in [1.807, 2.05) is 42.6 Å². The highest BCUT2D eigenvalue weighted by Crippen LogP contribution is 2.27. The Morgan fingerprint density at radius 1 is 1.50 bits per heavy atom. The van der Waals surface area contributed by atoms with E-state index in [4.69, 9.17) is 17.0 Å². The molecule has 1 aromatic heterocycles. The number of rotatable bonds is 2. The molecule has 1 aliphatic rings. The van der Waals surface area contributed by atoms with Gasteiger partial charge in [-0.1, -0.05) is 12.1 Å². The summed E-state index contributed by atoms with van der Waals surface area (Å²) in [6.07, 6.45) is 2.74. The van der Waals surface area contributed by atoms with Gasteiger partial charge in [0.2, 0.25) is 0 Å². The first-order chi connectivity index (χ1) is 10.7. The van der Waals surface area contributed by atoms with Crippen molar-refractivity contribution in [3.63, 3.8) is 0 Å². The average molecular weight is 326 g/mol. The number of anilines is 1. The molecule has 3 nitrogen and oxygen atoms in total. The second kappa shape index (κ2) is 6.30. The van der Waals surface area contributed by atoms with Gasteiger partial charge in [-0.15, -0.1) is 11.3 Å². The SMILES string of the molecule is CC1Cc2cc(/C=C(\C#N)c3cccs3)ccc2NC(=S)O1. The van der Waals surface area contributed by atoms with Crippen LogP contribution >= 0.6 is 23.6 Å². The highest BCUT2D eigenvalue weighted by Gasteiger charge is 2.16. The van der Waals surface area contributed by atoms with Gasteiger partial charge in [-0.2, -0.15) is 5.26 Å². The minimum atomic E-state index is 0.0354. The summed E-state index contributed by atoms with van der Waals surface area (Å²) >= 11 is 6.70. The maximum Gasteiger partial charge on any atom is 0.261 e. The summed E-state index contributed by atoms with van der Waals surface area (Å²) in [5.74, 6) is 0. The third kappa shape index (κ3) is 3.19. The molecule has 5 heteroatoms. The van der Waals surface area contributed by atoms with E-state index in [1.165, 1.54) is 0 Å². The maximum absolute atomic E-state index is 9.36. The third-order valence-electron chi connectivity index (χ3n) is 3.40. The van der Waals surface area contributed by atoms with Crippen LogP contribution in [0.2, 0.25) is 0 Å². The fraction of sp³-hybridized carbons (Fsp3) is 0.176. The molecule has 110 valence electrons. The quantitative estimate of drug-likeness (QED) is 0.653. The minimum absolute atomic E-state index is 0.0354. The predicted octanol–water partition coefficient (Wildman–Crippen LogP) is 4.47. The molecule has 2 heterocycles. The Morgan fingerprint density at radius 2 is 2.36 bits per heavy atom. The van der Waals surface area contributed by atoms with Gasteiger partial charge in [-0.3, -0.25) is 0 Å². The Hall–Kier alpha value is -2.16. The van der Waals surface area contributed by atoms with Gasteiger partial charge in [-0.05, 0) is 59.9 Å². The van der Waals surface area contributed by atoms with E-state index in [9.17, 15) is 5.26 Å². The first-order valence-corrected chi connectivity index (χ1v) is 8.21. The topological polar surface area (TPSA) is 45.0 Å². The van der Waals surface area contributed by atoms with Crippen molar-refractivity contribution < 1.29 is 4.74 Å². The largest absolute Gasteiger partial charge is 0.467 e. The Kier molecular flexibility index (Phi) is 4.23. The van der Waals surface area contributed by atoms with Gasteiger partial charge in [0, 0.05) is 17.0 Å². The number of nitrogens with one attached hydrogen (secondary N) is 1. The monoisotopic (exact) mass is 326 g/mol. The fourth-order valence-electron chi connectivity index (χ4n) is 2.42. The van der Waals surface area contributed by atoms with Gasteiger partial charge in [0.25, 0.3) is 5.17 Å². The molecule has 0 saturated heterocycles. The Bertz CT molecular complexity index is 772. The number of hydrogen-bond donors (Lipinski definition) is 1. The van der Waals surface area contributed by atoms with E-state index in [0.29, 0.717) is 10.7 Å². The molecule has 0 saturated carbocycles. The summed E-state index contributed by atoms with van der Waals surface area (Å²) in [5.41, 5.74) is 3.80. The molecular formula is C17H14N2OS2. The molecule has 0 bridgehead atoms. The number of nitrogens with zero attached hydrogens (tertiary/aromatic N) is 1. The Labute approximate surface area is 138 Å². The van der Waals surface area contributed by atoms with E-state index in [1.54, 1.807) is 11.3 Å². The van der Waals surface area contributed by atoms with Crippen LogP contribution in [0.3, 0.4) is 0 Å². The van der Waals surface area contributed by atoms with Crippen molar-refractivity contribution >= 4 is 46.1 Å². The zero-order chi connectivity index (χ0) is 15.5. The molecule has 1 aliphatic heterocycles. The predicted molar refractivity (Wildman–Crippen MR) is 94.7 cm³/mol. The van der Waals surface area contributed by atoms with Crippen molar-refractivity contribution in [3.8, 4) is 6.07 Å². The summed E-state index contributed by atoms with van der Waals surface area (Å²) in [7, 11) is 0. The molecule has 1 unspecified atom stereocenters. The normalized spacial score (nSPS) is 17.7. The first-order valence-electron chi connectivity index (χ1n) is 6.92. The van der Waals surface area contributed by atoms with Crippen LogP contribution in [-0.4, -0.2) is 11.3 Å². The van der Waals surface area contributed by atoms with Crippen LogP contribution in [0.1, 0.15) is 22.9 Å². The molecule has 0 amide bonds. The second-order valence-corrected chi connectivity index (χ2v) is 6.43. The van der Waals surface area contributed by atoms with Crippen molar-refractivity contribution in [2.24, 2.45) is 0 Å². The molecular weight excluding hydrogens is 312 g/mol. The van der Waals surface area contributed by atoms with Crippen LogP contribution in [0.5, 0.6) is 0 Å². The molecule has 1 aromatic carbocycles. The third-order valence-corrected chi connectivity index (χ3v) is 4.50. The van der Waals surface area contributed by atoms with Gasteiger partial charge in [-0.25, -0.2) is 0 Å². The minimum Gasteiger partial charge on any atom is -0.467 e. The lowest BCUT2D eigenvalue weighted by molar-refractivity contribution is 0.217. The lowest BCUT2D eigenvalue weighted by Gasteiger charge is -2.09. The first kappa shape index (κ1) is 14.8. The van der Waals surface area contributed by atoms with E-state index in [2.05, 4.69) is 17.5 Å². The van der Waals surface area contributed by atoms with E-state index in [-0.39, 0.29) is 6.10 Å². The van der Waals surface area contributed by atoms with Gasteiger partial charge in [0.05, 0.1) is 5.57 Å². The van der Waals surface area contributed by atoms with Gasteiger partial charge < -0.3 is 10.1 Å². The summed E-state index contributed by atoms with van der Waals surface area (Å²) in [6.45, 7) is 2.00.